The van der Waals surface area contributed by atoms with Crippen LogP contribution in [0.3, 0.4) is 0 Å². The molecule has 3 fully saturated rings. The van der Waals surface area contributed by atoms with Crippen LogP contribution < -0.4 is 5.73 Å². The third-order valence-electron chi connectivity index (χ3n) is 8.35. The molecule has 2 radical (unpaired) electrons. The Morgan fingerprint density at radius 2 is 1.96 bits per heavy atom. The van der Waals surface area contributed by atoms with E-state index in [-0.39, 0.29) is 17.0 Å². The first-order valence-electron chi connectivity index (χ1n) is 14.1. The van der Waals surface area contributed by atoms with Gasteiger partial charge in [0.2, 0.25) is 7.57 Å². The van der Waals surface area contributed by atoms with E-state index in [0.717, 1.165) is 5.56 Å². The number of aryl methyl sites for hydroxylation is 1. The molecule has 0 amide bonds. The number of aromatic nitrogens is 6. The zero-order valence-electron chi connectivity index (χ0n) is 25.0. The van der Waals surface area contributed by atoms with Gasteiger partial charge in [0.25, 0.3) is 7.47 Å². The van der Waals surface area contributed by atoms with Crippen LogP contribution in [0.5, 0.6) is 0 Å². The van der Waals surface area contributed by atoms with Crippen molar-refractivity contribution in [3.8, 4) is 0 Å². The number of benzene rings is 1. The Morgan fingerprint density at radius 1 is 1.19 bits per heavy atom. The van der Waals surface area contributed by atoms with Crippen molar-refractivity contribution in [3.63, 3.8) is 0 Å². The number of hydrogen-bond acceptors (Lipinski definition) is 14. The highest BCUT2D eigenvalue weighted by molar-refractivity contribution is 8.07. The van der Waals surface area contributed by atoms with Gasteiger partial charge in [0.1, 0.15) is 41.9 Å². The summed E-state index contributed by atoms with van der Waals surface area (Å²) in [7, 11) is 2.92. The second kappa shape index (κ2) is 12.0. The van der Waals surface area contributed by atoms with E-state index < -0.39 is 76.1 Å². The van der Waals surface area contributed by atoms with Gasteiger partial charge in [0.15, 0.2) is 30.1 Å². The van der Waals surface area contributed by atoms with Gasteiger partial charge in [-0.15, -0.1) is 0 Å². The number of imidazole rings is 2. The van der Waals surface area contributed by atoms with Crippen LogP contribution in [0.4, 0.5) is 10.2 Å². The van der Waals surface area contributed by atoms with E-state index in [1.807, 2.05) is 13.0 Å². The summed E-state index contributed by atoms with van der Waals surface area (Å²) < 4.78 is 73.8. The Bertz CT molecular complexity index is 1960. The highest BCUT2D eigenvalue weighted by atomic mass is 35.5. The summed E-state index contributed by atoms with van der Waals surface area (Å²) >= 11 is 11.7. The van der Waals surface area contributed by atoms with Crippen LogP contribution in [-0.2, 0) is 48.7 Å². The van der Waals surface area contributed by atoms with Crippen molar-refractivity contribution in [2.75, 3.05) is 26.1 Å². The number of nitrogens with zero attached hydrogens (tertiary/aromatic N) is 6. The molecule has 3 saturated heterocycles. The van der Waals surface area contributed by atoms with Crippen LogP contribution in [0.25, 0.3) is 22.2 Å². The fraction of sp³-hybridized carbons (Fsp3) is 0.520. The molecule has 3 aliphatic heterocycles. The predicted molar refractivity (Wildman–Crippen MR) is 169 cm³/mol. The Balaban J connectivity index is 1.20. The van der Waals surface area contributed by atoms with Gasteiger partial charge in [-0.3, -0.25) is 13.7 Å². The van der Waals surface area contributed by atoms with E-state index in [2.05, 4.69) is 19.9 Å². The number of nitrogens with two attached hydrogens (primary N) is 1. The molecule has 0 spiro atoms. The van der Waals surface area contributed by atoms with Crippen molar-refractivity contribution in [1.82, 2.24) is 29.1 Å². The van der Waals surface area contributed by atoms with E-state index in [1.54, 1.807) is 17.6 Å². The molecule has 250 valence electrons. The minimum atomic E-state index is -4.52. The molecule has 6 heterocycles. The number of methoxy groups -OCH3 is 1. The van der Waals surface area contributed by atoms with Crippen LogP contribution >= 0.6 is 25.8 Å². The van der Waals surface area contributed by atoms with Gasteiger partial charge in [-0.25, -0.2) is 24.3 Å². The normalized spacial score (nSPS) is 38.2. The van der Waals surface area contributed by atoms with Gasteiger partial charge >= 0.3 is 6.72 Å². The topological polar surface area (TPSA) is 189 Å². The number of hydrogen-bond donors (Lipinski definition) is 2. The van der Waals surface area contributed by atoms with Crippen LogP contribution in [0.1, 0.15) is 24.9 Å². The zero-order valence-corrected chi connectivity index (χ0v) is 28.3. The minimum absolute atomic E-state index is 0.0739. The fourth-order valence-electron chi connectivity index (χ4n) is 6.00. The molecule has 3 aromatic heterocycles. The summed E-state index contributed by atoms with van der Waals surface area (Å²) in [6.45, 7) is -1.78. The predicted octanol–water partition coefficient (Wildman–Crippen LogP) is 3.27. The molecule has 3 aliphatic rings. The Hall–Kier alpha value is -2.12. The molecule has 4 unspecified atom stereocenters. The Morgan fingerprint density at radius 3 is 2.72 bits per heavy atom. The second-order valence-corrected chi connectivity index (χ2v) is 16.3. The first-order valence-corrected chi connectivity index (χ1v) is 18.7. The lowest BCUT2D eigenvalue weighted by atomic mass is 9.98. The highest BCUT2D eigenvalue weighted by Gasteiger charge is 2.58. The number of rotatable bonds is 3. The van der Waals surface area contributed by atoms with Crippen LogP contribution in [0, 0.1) is 6.92 Å². The molecule has 7 rings (SSSR count). The lowest BCUT2D eigenvalue weighted by molar-refractivity contribution is -0.113. The molecule has 0 bridgehead atoms. The summed E-state index contributed by atoms with van der Waals surface area (Å²) in [5.41, 5.74) is 6.80. The monoisotopic (exact) mass is 729 g/mol. The van der Waals surface area contributed by atoms with Crippen molar-refractivity contribution in [3.05, 3.63) is 41.7 Å². The molecule has 0 saturated carbocycles. The minimum Gasteiger partial charge on any atom is -0.382 e. The van der Waals surface area contributed by atoms with Gasteiger partial charge in [-0.2, -0.15) is 0 Å². The van der Waals surface area contributed by atoms with Crippen molar-refractivity contribution in [2.24, 2.45) is 0 Å². The molecule has 3 N–H and O–H groups in total. The summed E-state index contributed by atoms with van der Waals surface area (Å²) in [5.74, 6) is 0.0739. The van der Waals surface area contributed by atoms with E-state index in [1.165, 1.54) is 30.7 Å². The number of alkyl halides is 1. The molecule has 4 aromatic rings. The van der Waals surface area contributed by atoms with E-state index in [9.17, 15) is 9.46 Å². The van der Waals surface area contributed by atoms with Crippen LogP contribution in [0.2, 0.25) is 5.02 Å². The van der Waals surface area contributed by atoms with Crippen LogP contribution in [-0.4, -0.2) is 98.0 Å². The summed E-state index contributed by atoms with van der Waals surface area (Å²) in [6.07, 6.45) is -5.34. The Kier molecular flexibility index (Phi) is 8.55. The van der Waals surface area contributed by atoms with Crippen molar-refractivity contribution >= 4 is 73.2 Å². The number of fused-ring (bicyclic) bond motifs is 4. The molecule has 10 atom stereocenters. The maximum absolute atomic E-state index is 16.1. The number of anilines is 1. The maximum atomic E-state index is 16.1. The third-order valence-corrected chi connectivity index (χ3v) is 11.3. The standard InChI is InChI=1S/C25H28BClFN7O9P2S/c1-11-4-14-13(5-12(11)27)32-9-34(14)24-19(38-3)20-25(2,42-24)7-40-45(26,36)43-18-15(6-39-46(37,47)44-20)41-23(16(18)28)35-10-33-17-21(29)30-8-31-22(17)35/h4-5,8-10,15-16,18-20,23-24H,6-7H2,1-3H3,(H,37,47)(H2,29,30,31)/t15-,16?,18+,19+,20?,23-,24-,25-,45?,46?/m1/s1. The van der Waals surface area contributed by atoms with Crippen molar-refractivity contribution in [1.29, 1.82) is 0 Å². The largest absolute Gasteiger partial charge is 0.382 e. The highest BCUT2D eigenvalue weighted by Crippen LogP contribution is 2.56. The van der Waals surface area contributed by atoms with Gasteiger partial charge in [0.05, 0.1) is 36.9 Å². The second-order valence-electron chi connectivity index (χ2n) is 11.5. The van der Waals surface area contributed by atoms with Crippen molar-refractivity contribution in [2.45, 2.75) is 62.5 Å². The first-order chi connectivity index (χ1) is 22.2. The fourth-order valence-corrected chi connectivity index (χ4v) is 8.73. The van der Waals surface area contributed by atoms with Crippen LogP contribution in [0.15, 0.2) is 31.1 Å². The maximum Gasteiger partial charge on any atom is 0.325 e. The smallest absolute Gasteiger partial charge is 0.325 e. The Labute approximate surface area is 278 Å². The average Bonchev–Trinajstić information content (AvgIpc) is 3.75. The van der Waals surface area contributed by atoms with E-state index >= 15 is 4.39 Å². The van der Waals surface area contributed by atoms with Gasteiger partial charge < -0.3 is 43.0 Å². The summed E-state index contributed by atoms with van der Waals surface area (Å²) in [6, 6.07) is 3.55. The lowest BCUT2D eigenvalue weighted by Gasteiger charge is -2.35. The lowest BCUT2D eigenvalue weighted by Crippen LogP contribution is -2.46. The van der Waals surface area contributed by atoms with Gasteiger partial charge in [-0.05, 0) is 43.4 Å². The summed E-state index contributed by atoms with van der Waals surface area (Å²) in [4.78, 5) is 27.9. The van der Waals surface area contributed by atoms with E-state index in [4.69, 9.17) is 69.0 Å². The molecule has 47 heavy (non-hydrogen) atoms. The van der Waals surface area contributed by atoms with Gasteiger partial charge in [-0.1, -0.05) is 11.6 Å². The molecular weight excluding hydrogens is 702 g/mol. The van der Waals surface area contributed by atoms with Gasteiger partial charge in [0, 0.05) is 12.1 Å². The third kappa shape index (κ3) is 5.94. The van der Waals surface area contributed by atoms with E-state index in [0.29, 0.717) is 16.1 Å². The molecular formula is C25H28BClFN7O9P2S. The average molecular weight is 730 g/mol. The molecule has 1 aromatic carbocycles. The first kappa shape index (κ1) is 33.4. The summed E-state index contributed by atoms with van der Waals surface area (Å²) in [5, 5.41) is 0.535. The van der Waals surface area contributed by atoms with Crippen molar-refractivity contribution < 1.29 is 46.2 Å². The number of halogens is 2. The molecule has 22 heteroatoms. The molecule has 16 nitrogen and oxygen atoms in total. The molecule has 0 aliphatic carbocycles. The number of nitrogen functional groups attached to an aromatic ring is 1. The quantitative estimate of drug-likeness (QED) is 0.231. The zero-order chi connectivity index (χ0) is 33.5. The SMILES string of the molecule is [B]P1(=O)OC[C@@]2(C)O[C@@H](n3cnc4cc(Cl)c(C)cc43)[C@@H](OC)C2OP(O)(=S)OC[C@H]2O[C@@H](n3cnc4c(N)ncnc43)C(F)[C@H]2O1. The number of ether oxygens (including phenoxy) is 3.